The van der Waals surface area contributed by atoms with Gasteiger partial charge in [0, 0.05) is 46.2 Å². The van der Waals surface area contributed by atoms with Crippen LogP contribution in [0, 0.1) is 0 Å². The normalized spacial score (nSPS) is 16.6. The van der Waals surface area contributed by atoms with Gasteiger partial charge in [0.1, 0.15) is 12.5 Å². The molecule has 8 nitrogen and oxygen atoms in total. The maximum Gasteiger partial charge on any atom is 0.263 e. The number of carbonyl (C=O) groups excluding carboxylic acids is 4. The highest BCUT2D eigenvalue weighted by Gasteiger charge is 2.40. The average molecular weight is 563 g/mol. The molecule has 2 heterocycles. The van der Waals surface area contributed by atoms with E-state index in [0.717, 1.165) is 32.3 Å². The first-order valence-electron chi connectivity index (χ1n) is 14.6. The molecule has 0 bridgehead atoms. The Kier molecular flexibility index (Phi) is 6.04. The fourth-order valence-electron chi connectivity index (χ4n) is 6.96. The van der Waals surface area contributed by atoms with Crippen LogP contribution in [-0.4, -0.2) is 59.1 Å². The van der Waals surface area contributed by atoms with E-state index in [0.29, 0.717) is 59.1 Å². The number of hydrogen-bond donors (Lipinski definition) is 0. The second-order valence-corrected chi connectivity index (χ2v) is 10.7. The van der Waals surface area contributed by atoms with Gasteiger partial charge >= 0.3 is 0 Å². The number of nitrogens with zero attached hydrogens (tertiary/aromatic N) is 2. The first kappa shape index (κ1) is 26.5. The van der Waals surface area contributed by atoms with Crippen molar-refractivity contribution in [3.63, 3.8) is 0 Å². The van der Waals surface area contributed by atoms with E-state index in [2.05, 4.69) is 0 Å². The number of rotatable bonds is 8. The molecule has 8 heteroatoms. The Morgan fingerprint density at radius 2 is 0.762 bits per heavy atom. The summed E-state index contributed by atoms with van der Waals surface area (Å²) in [7, 11) is 0. The Bertz CT molecular complexity index is 1730. The zero-order valence-electron chi connectivity index (χ0n) is 23.9. The van der Waals surface area contributed by atoms with Crippen LogP contribution in [0.4, 0.5) is 0 Å². The van der Waals surface area contributed by atoms with Crippen molar-refractivity contribution in [2.45, 2.75) is 53.0 Å². The Hall–Kier alpha value is -4.40. The fraction of sp³-hybridized carbons (Fsp3) is 0.294. The summed E-state index contributed by atoms with van der Waals surface area (Å²) in [6.45, 7) is 8.23. The van der Waals surface area contributed by atoms with Crippen molar-refractivity contribution in [1.82, 2.24) is 9.80 Å². The van der Waals surface area contributed by atoms with Gasteiger partial charge in [-0.15, -0.1) is 0 Å². The van der Waals surface area contributed by atoms with Crippen LogP contribution < -0.4 is 0 Å². The summed E-state index contributed by atoms with van der Waals surface area (Å²) in [5, 5.41) is 6.33. The van der Waals surface area contributed by atoms with Gasteiger partial charge in [0.05, 0.1) is 0 Å². The Balaban J connectivity index is 1.51. The summed E-state index contributed by atoms with van der Waals surface area (Å²) in [6.07, 6.45) is -0.323. The maximum atomic E-state index is 13.8. The molecule has 4 amide bonds. The monoisotopic (exact) mass is 562 g/mol. The maximum absolute atomic E-state index is 13.8. The molecule has 0 spiro atoms. The van der Waals surface area contributed by atoms with Gasteiger partial charge in [-0.2, -0.15) is 0 Å². The van der Waals surface area contributed by atoms with Crippen molar-refractivity contribution in [2.24, 2.45) is 0 Å². The molecule has 0 aliphatic carbocycles. The molecular formula is C34H30N2O6. The molecule has 2 aliphatic heterocycles. The Morgan fingerprint density at radius 1 is 0.476 bits per heavy atom. The van der Waals surface area contributed by atoms with Crippen LogP contribution in [0.5, 0.6) is 0 Å². The van der Waals surface area contributed by atoms with E-state index in [1.165, 1.54) is 9.80 Å². The smallest absolute Gasteiger partial charge is 0.263 e. The van der Waals surface area contributed by atoms with E-state index < -0.39 is 12.5 Å². The van der Waals surface area contributed by atoms with Gasteiger partial charge in [-0.3, -0.25) is 19.2 Å². The average Bonchev–Trinajstić information content (AvgIpc) is 3.00. The molecule has 5 aromatic rings. The third kappa shape index (κ3) is 3.30. The van der Waals surface area contributed by atoms with E-state index in [9.17, 15) is 19.2 Å². The van der Waals surface area contributed by atoms with Gasteiger partial charge in [-0.25, -0.2) is 9.80 Å². The third-order valence-electron chi connectivity index (χ3n) is 8.69. The largest absolute Gasteiger partial charge is 0.358 e. The van der Waals surface area contributed by atoms with Crippen LogP contribution in [0.1, 0.15) is 82.0 Å². The lowest BCUT2D eigenvalue weighted by molar-refractivity contribution is -0.0334. The minimum atomic E-state index is -0.646. The zero-order chi connectivity index (χ0) is 29.4. The summed E-state index contributed by atoms with van der Waals surface area (Å²) in [6, 6.07) is 14.7. The minimum absolute atomic E-state index is 0.372. The second kappa shape index (κ2) is 9.58. The second-order valence-electron chi connectivity index (χ2n) is 10.7. The molecule has 2 aliphatic rings. The van der Waals surface area contributed by atoms with Crippen LogP contribution in [0.25, 0.3) is 43.1 Å². The van der Waals surface area contributed by atoms with Gasteiger partial charge in [0.15, 0.2) is 0 Å². The number of ether oxygens (including phenoxy) is 2. The van der Waals surface area contributed by atoms with Crippen molar-refractivity contribution in [2.75, 3.05) is 13.2 Å². The highest BCUT2D eigenvalue weighted by molar-refractivity contribution is 6.41. The molecule has 0 saturated carbocycles. The number of imide groups is 2. The molecule has 0 aromatic heterocycles. The SMILES string of the molecule is CCOC(CC)N1C(=O)c2ccc3c4ccc5c6c(ccc(c7ccc(c2c37)C1=O)c64)C(=O)N(C(CC)OCC)C5=O. The van der Waals surface area contributed by atoms with E-state index >= 15 is 0 Å². The van der Waals surface area contributed by atoms with Crippen LogP contribution in [0.3, 0.4) is 0 Å². The molecular weight excluding hydrogens is 532 g/mol. The first-order valence-corrected chi connectivity index (χ1v) is 14.6. The fourth-order valence-corrected chi connectivity index (χ4v) is 6.96. The highest BCUT2D eigenvalue weighted by atomic mass is 16.5. The Labute approximate surface area is 242 Å². The standard InChI is InChI=1S/C34H30N2O6/c1-5-25(41-7-3)35-31(37)21-13-9-17-19-11-15-23-30-24(34(40)36(33(23)39)26(6-2)42-8-4)16-12-20(28(19)30)18-10-14-22(32(35)38)29(21)27(17)18/h9-16,25-26H,5-8H2,1-4H3. The summed E-state index contributed by atoms with van der Waals surface area (Å²) in [5.74, 6) is -1.49. The summed E-state index contributed by atoms with van der Waals surface area (Å²) < 4.78 is 11.5. The summed E-state index contributed by atoms with van der Waals surface area (Å²) in [4.78, 5) is 57.5. The van der Waals surface area contributed by atoms with Crippen LogP contribution in [0.15, 0.2) is 48.5 Å². The third-order valence-corrected chi connectivity index (χ3v) is 8.69. The van der Waals surface area contributed by atoms with Gasteiger partial charge in [0.25, 0.3) is 23.6 Å². The van der Waals surface area contributed by atoms with Crippen molar-refractivity contribution < 1.29 is 28.7 Å². The lowest BCUT2D eigenvalue weighted by Crippen LogP contribution is -2.48. The van der Waals surface area contributed by atoms with Gasteiger partial charge in [-0.1, -0.05) is 38.1 Å². The van der Waals surface area contributed by atoms with E-state index in [-0.39, 0.29) is 23.6 Å². The predicted molar refractivity (Wildman–Crippen MR) is 160 cm³/mol. The first-order chi connectivity index (χ1) is 20.4. The van der Waals surface area contributed by atoms with Gasteiger partial charge < -0.3 is 9.47 Å². The highest BCUT2D eigenvalue weighted by Crippen LogP contribution is 2.46. The van der Waals surface area contributed by atoms with Crippen molar-refractivity contribution >= 4 is 66.7 Å². The van der Waals surface area contributed by atoms with Crippen LogP contribution >= 0.6 is 0 Å². The van der Waals surface area contributed by atoms with Crippen molar-refractivity contribution in [3.8, 4) is 0 Å². The molecule has 42 heavy (non-hydrogen) atoms. The molecule has 0 radical (unpaired) electrons. The van der Waals surface area contributed by atoms with E-state index in [1.54, 1.807) is 24.3 Å². The molecule has 2 atom stereocenters. The molecule has 0 fully saturated rings. The van der Waals surface area contributed by atoms with Crippen molar-refractivity contribution in [1.29, 1.82) is 0 Å². The van der Waals surface area contributed by atoms with Crippen molar-refractivity contribution in [3.05, 3.63) is 70.8 Å². The molecule has 0 N–H and O–H groups in total. The number of hydrogen-bond acceptors (Lipinski definition) is 6. The Morgan fingerprint density at radius 3 is 1.00 bits per heavy atom. The topological polar surface area (TPSA) is 93.2 Å². The molecule has 2 unspecified atom stereocenters. The zero-order valence-corrected chi connectivity index (χ0v) is 23.9. The lowest BCUT2D eigenvalue weighted by Gasteiger charge is -2.34. The molecule has 212 valence electrons. The quantitative estimate of drug-likeness (QED) is 0.122. The minimum Gasteiger partial charge on any atom is -0.358 e. The number of benzene rings is 5. The van der Waals surface area contributed by atoms with E-state index in [1.807, 2.05) is 52.0 Å². The summed E-state index contributed by atoms with van der Waals surface area (Å²) in [5.41, 5.74) is 1.83. The lowest BCUT2D eigenvalue weighted by atomic mass is 9.82. The van der Waals surface area contributed by atoms with Gasteiger partial charge in [0.2, 0.25) is 0 Å². The number of carbonyl (C=O) groups is 4. The van der Waals surface area contributed by atoms with Crippen LogP contribution in [-0.2, 0) is 9.47 Å². The molecule has 0 saturated heterocycles. The van der Waals surface area contributed by atoms with E-state index in [4.69, 9.17) is 9.47 Å². The summed E-state index contributed by atoms with van der Waals surface area (Å²) >= 11 is 0. The number of amides is 4. The van der Waals surface area contributed by atoms with Crippen LogP contribution in [0.2, 0.25) is 0 Å². The molecule has 7 rings (SSSR count). The van der Waals surface area contributed by atoms with Gasteiger partial charge in [-0.05, 0) is 83.3 Å². The number of fused-ring (bicyclic) bond motifs is 2. The predicted octanol–water partition coefficient (Wildman–Crippen LogP) is 6.47. The molecule has 5 aromatic carbocycles.